The van der Waals surface area contributed by atoms with Crippen molar-refractivity contribution >= 4 is 5.97 Å². The molecule has 0 spiro atoms. The Balaban J connectivity index is 1.90. The van der Waals surface area contributed by atoms with Crippen LogP contribution in [0.3, 0.4) is 0 Å². The molecule has 7 heteroatoms. The summed E-state index contributed by atoms with van der Waals surface area (Å²) in [6, 6.07) is 0. The lowest BCUT2D eigenvalue weighted by atomic mass is 10.3. The third kappa shape index (κ3) is 3.01. The van der Waals surface area contributed by atoms with E-state index in [2.05, 4.69) is 31.7 Å². The van der Waals surface area contributed by atoms with Crippen LogP contribution in [0.25, 0.3) is 0 Å². The lowest BCUT2D eigenvalue weighted by Gasteiger charge is -2.31. The fourth-order valence-electron chi connectivity index (χ4n) is 1.69. The van der Waals surface area contributed by atoms with Crippen molar-refractivity contribution in [1.82, 2.24) is 19.9 Å². The van der Waals surface area contributed by atoms with Gasteiger partial charge in [0, 0.05) is 26.2 Å². The summed E-state index contributed by atoms with van der Waals surface area (Å²) >= 11 is 0. The second-order valence-electron chi connectivity index (χ2n) is 4.09. The molecule has 17 heavy (non-hydrogen) atoms. The quantitative estimate of drug-likeness (QED) is 0.666. The lowest BCUT2D eigenvalue weighted by molar-refractivity contribution is 0.0545. The van der Waals surface area contributed by atoms with E-state index in [4.69, 9.17) is 4.52 Å². The maximum absolute atomic E-state index is 11.1. The number of nitrogens with zero attached hydrogens (tertiary/aromatic N) is 4. The van der Waals surface area contributed by atoms with E-state index in [0.717, 1.165) is 26.2 Å². The standard InChI is InChI=1S/C10H16N4O3/c1-13-3-5-14(6-4-13)7-8-11-9(17-12-8)10(15)16-2/h3-7H2,1-2H3. The molecule has 0 aromatic carbocycles. The van der Waals surface area contributed by atoms with Gasteiger partial charge in [0.05, 0.1) is 13.7 Å². The predicted molar refractivity (Wildman–Crippen MR) is 58.4 cm³/mol. The molecule has 0 N–H and O–H groups in total. The van der Waals surface area contributed by atoms with Gasteiger partial charge in [-0.1, -0.05) is 5.16 Å². The van der Waals surface area contributed by atoms with Crippen LogP contribution >= 0.6 is 0 Å². The number of carbonyl (C=O) groups excluding carboxylic acids is 1. The van der Waals surface area contributed by atoms with E-state index in [-0.39, 0.29) is 5.89 Å². The largest absolute Gasteiger partial charge is 0.462 e. The molecule has 1 fully saturated rings. The maximum Gasteiger partial charge on any atom is 0.397 e. The number of hydrogen-bond donors (Lipinski definition) is 0. The second kappa shape index (κ2) is 5.24. The molecule has 0 bridgehead atoms. The highest BCUT2D eigenvalue weighted by molar-refractivity contribution is 5.83. The molecule has 0 radical (unpaired) electrons. The van der Waals surface area contributed by atoms with Crippen molar-refractivity contribution in [3.63, 3.8) is 0 Å². The van der Waals surface area contributed by atoms with E-state index in [0.29, 0.717) is 12.4 Å². The monoisotopic (exact) mass is 240 g/mol. The van der Waals surface area contributed by atoms with Crippen molar-refractivity contribution in [1.29, 1.82) is 0 Å². The highest BCUT2D eigenvalue weighted by atomic mass is 16.6. The summed E-state index contributed by atoms with van der Waals surface area (Å²) in [7, 11) is 3.38. The van der Waals surface area contributed by atoms with Crippen LogP contribution in [-0.4, -0.2) is 66.2 Å². The fourth-order valence-corrected chi connectivity index (χ4v) is 1.69. The Morgan fingerprint density at radius 2 is 2.12 bits per heavy atom. The molecule has 1 aromatic heterocycles. The van der Waals surface area contributed by atoms with Gasteiger partial charge in [-0.2, -0.15) is 4.98 Å². The molecule has 1 aliphatic heterocycles. The van der Waals surface area contributed by atoms with E-state index >= 15 is 0 Å². The first kappa shape index (κ1) is 12.0. The first-order chi connectivity index (χ1) is 8.19. The van der Waals surface area contributed by atoms with Gasteiger partial charge < -0.3 is 14.2 Å². The van der Waals surface area contributed by atoms with E-state index in [1.54, 1.807) is 0 Å². The van der Waals surface area contributed by atoms with Crippen LogP contribution in [0.15, 0.2) is 4.52 Å². The van der Waals surface area contributed by atoms with Gasteiger partial charge in [0.25, 0.3) is 0 Å². The molecular weight excluding hydrogens is 224 g/mol. The Hall–Kier alpha value is -1.47. The van der Waals surface area contributed by atoms with Crippen molar-refractivity contribution in [3.8, 4) is 0 Å². The molecule has 0 saturated carbocycles. The van der Waals surface area contributed by atoms with Crippen molar-refractivity contribution in [2.45, 2.75) is 6.54 Å². The van der Waals surface area contributed by atoms with Crippen molar-refractivity contribution in [2.24, 2.45) is 0 Å². The minimum atomic E-state index is -0.595. The summed E-state index contributed by atoms with van der Waals surface area (Å²) < 4.78 is 9.31. The van der Waals surface area contributed by atoms with Gasteiger partial charge in [-0.3, -0.25) is 4.90 Å². The van der Waals surface area contributed by atoms with Gasteiger partial charge in [-0.25, -0.2) is 4.79 Å². The first-order valence-electron chi connectivity index (χ1n) is 5.51. The van der Waals surface area contributed by atoms with Crippen LogP contribution in [0, 0.1) is 0 Å². The summed E-state index contributed by atoms with van der Waals surface area (Å²) in [5.74, 6) is -0.159. The van der Waals surface area contributed by atoms with E-state index in [1.807, 2.05) is 0 Å². The minimum absolute atomic E-state index is 0.0865. The highest BCUT2D eigenvalue weighted by Gasteiger charge is 2.19. The molecule has 1 saturated heterocycles. The van der Waals surface area contributed by atoms with Gasteiger partial charge in [0.1, 0.15) is 0 Å². The average molecular weight is 240 g/mol. The van der Waals surface area contributed by atoms with Crippen LogP contribution in [0.5, 0.6) is 0 Å². The SMILES string of the molecule is COC(=O)c1nc(CN2CCN(C)CC2)no1. The number of rotatable bonds is 3. The molecule has 0 unspecified atom stereocenters. The molecule has 1 aromatic rings. The Kier molecular flexibility index (Phi) is 3.70. The van der Waals surface area contributed by atoms with Gasteiger partial charge in [0.2, 0.25) is 0 Å². The highest BCUT2D eigenvalue weighted by Crippen LogP contribution is 2.06. The van der Waals surface area contributed by atoms with E-state index in [9.17, 15) is 4.79 Å². The van der Waals surface area contributed by atoms with Gasteiger partial charge in [0.15, 0.2) is 5.82 Å². The number of methoxy groups -OCH3 is 1. The van der Waals surface area contributed by atoms with E-state index in [1.165, 1.54) is 7.11 Å². The zero-order valence-corrected chi connectivity index (χ0v) is 10.0. The molecule has 0 aliphatic carbocycles. The maximum atomic E-state index is 11.1. The summed E-state index contributed by atoms with van der Waals surface area (Å²) in [6.45, 7) is 4.61. The van der Waals surface area contributed by atoms with Crippen LogP contribution in [0.4, 0.5) is 0 Å². The molecule has 7 nitrogen and oxygen atoms in total. The molecule has 2 rings (SSSR count). The number of esters is 1. The van der Waals surface area contributed by atoms with Crippen molar-refractivity contribution in [3.05, 3.63) is 11.7 Å². The van der Waals surface area contributed by atoms with Gasteiger partial charge in [-0.05, 0) is 7.05 Å². The molecule has 1 aliphatic rings. The third-order valence-electron chi connectivity index (χ3n) is 2.79. The second-order valence-corrected chi connectivity index (χ2v) is 4.09. The summed E-state index contributed by atoms with van der Waals surface area (Å²) in [6.07, 6.45) is 0. The average Bonchev–Trinajstić information content (AvgIpc) is 2.80. The summed E-state index contributed by atoms with van der Waals surface area (Å²) in [5.41, 5.74) is 0. The van der Waals surface area contributed by atoms with Gasteiger partial charge in [-0.15, -0.1) is 0 Å². The number of aromatic nitrogens is 2. The normalized spacial score (nSPS) is 18.2. The number of piperazine rings is 1. The Morgan fingerprint density at radius 1 is 1.41 bits per heavy atom. The zero-order valence-electron chi connectivity index (χ0n) is 10.0. The Morgan fingerprint density at radius 3 is 2.76 bits per heavy atom. The number of carbonyl (C=O) groups is 1. The third-order valence-corrected chi connectivity index (χ3v) is 2.79. The fraction of sp³-hybridized carbons (Fsp3) is 0.700. The molecule has 0 amide bonds. The van der Waals surface area contributed by atoms with Crippen LogP contribution in [0.2, 0.25) is 0 Å². The topological polar surface area (TPSA) is 71.7 Å². The van der Waals surface area contributed by atoms with Crippen LogP contribution in [0.1, 0.15) is 16.5 Å². The van der Waals surface area contributed by atoms with Crippen LogP contribution in [-0.2, 0) is 11.3 Å². The smallest absolute Gasteiger partial charge is 0.397 e. The van der Waals surface area contributed by atoms with Crippen molar-refractivity contribution < 1.29 is 14.1 Å². The summed E-state index contributed by atoms with van der Waals surface area (Å²) in [5, 5.41) is 3.76. The lowest BCUT2D eigenvalue weighted by Crippen LogP contribution is -2.44. The Bertz CT molecular complexity index is 385. The first-order valence-corrected chi connectivity index (χ1v) is 5.51. The zero-order chi connectivity index (χ0) is 12.3. The Labute approximate surface area is 99.3 Å². The summed E-state index contributed by atoms with van der Waals surface area (Å²) in [4.78, 5) is 19.6. The molecule has 0 atom stereocenters. The molecular formula is C10H16N4O3. The number of ether oxygens (including phenoxy) is 1. The minimum Gasteiger partial charge on any atom is -0.462 e. The number of likely N-dealkylation sites (N-methyl/N-ethyl adjacent to an activating group) is 1. The van der Waals surface area contributed by atoms with Gasteiger partial charge >= 0.3 is 11.9 Å². The molecule has 2 heterocycles. The van der Waals surface area contributed by atoms with Crippen LogP contribution < -0.4 is 0 Å². The van der Waals surface area contributed by atoms with E-state index < -0.39 is 5.97 Å². The van der Waals surface area contributed by atoms with Crippen molar-refractivity contribution in [2.75, 3.05) is 40.3 Å². The number of hydrogen-bond acceptors (Lipinski definition) is 7. The predicted octanol–water partition coefficient (Wildman–Crippen LogP) is -0.396. The molecule has 94 valence electrons.